The molecule has 0 bridgehead atoms. The number of para-hydroxylation sites is 1. The molecule has 2 N–H and O–H groups in total. The zero-order valence-corrected chi connectivity index (χ0v) is 12.7. The summed E-state index contributed by atoms with van der Waals surface area (Å²) in [6.07, 6.45) is 1.40. The molecule has 8 nitrogen and oxygen atoms in total. The van der Waals surface area contributed by atoms with Crippen LogP contribution in [0.4, 0.5) is 11.5 Å². The number of nitriles is 1. The zero-order valence-electron chi connectivity index (χ0n) is 12.7. The van der Waals surface area contributed by atoms with Crippen LogP contribution in [0.5, 0.6) is 0 Å². The average Bonchev–Trinajstić information content (AvgIpc) is 2.59. The van der Waals surface area contributed by atoms with Gasteiger partial charge in [-0.05, 0) is 12.1 Å². The molecule has 1 aromatic heterocycles. The Morgan fingerprint density at radius 1 is 1.25 bits per heavy atom. The normalized spacial score (nSPS) is 9.79. The van der Waals surface area contributed by atoms with Crippen molar-refractivity contribution in [3.63, 3.8) is 0 Å². The Morgan fingerprint density at radius 3 is 2.71 bits per heavy atom. The van der Waals surface area contributed by atoms with Gasteiger partial charge in [-0.2, -0.15) is 5.26 Å². The van der Waals surface area contributed by atoms with Crippen LogP contribution in [0.25, 0.3) is 0 Å². The number of nitrogens with one attached hydrogen (secondary N) is 2. The number of pyridine rings is 1. The Bertz CT molecular complexity index is 768. The minimum atomic E-state index is -0.499. The van der Waals surface area contributed by atoms with Gasteiger partial charge in [-0.25, -0.2) is 4.98 Å². The van der Waals surface area contributed by atoms with Gasteiger partial charge in [0.1, 0.15) is 11.9 Å². The lowest BCUT2D eigenvalue weighted by atomic mass is 10.1. The summed E-state index contributed by atoms with van der Waals surface area (Å²) in [7, 11) is 0. The largest absolute Gasteiger partial charge is 0.368 e. The van der Waals surface area contributed by atoms with Crippen LogP contribution >= 0.6 is 0 Å². The van der Waals surface area contributed by atoms with Crippen molar-refractivity contribution >= 4 is 17.4 Å². The van der Waals surface area contributed by atoms with Crippen molar-refractivity contribution in [1.29, 1.82) is 5.26 Å². The quantitative estimate of drug-likeness (QED) is 0.453. The fourth-order valence-electron chi connectivity index (χ4n) is 2.03. The molecule has 2 aromatic rings. The second-order valence-corrected chi connectivity index (χ2v) is 4.88. The number of hydrogen-bond acceptors (Lipinski definition) is 6. The van der Waals surface area contributed by atoms with Crippen LogP contribution in [-0.4, -0.2) is 28.9 Å². The summed E-state index contributed by atoms with van der Waals surface area (Å²) in [5, 5.41) is 25.3. The zero-order chi connectivity index (χ0) is 17.4. The summed E-state index contributed by atoms with van der Waals surface area (Å²) < 4.78 is 0. The molecule has 2 rings (SSSR count). The number of anilines is 1. The van der Waals surface area contributed by atoms with Crippen molar-refractivity contribution in [3.8, 4) is 6.07 Å². The molecule has 0 atom stereocenters. The van der Waals surface area contributed by atoms with Crippen LogP contribution in [0.15, 0.2) is 42.6 Å². The Hall–Kier alpha value is -3.47. The Labute approximate surface area is 138 Å². The van der Waals surface area contributed by atoms with E-state index >= 15 is 0 Å². The van der Waals surface area contributed by atoms with Crippen molar-refractivity contribution in [1.82, 2.24) is 10.3 Å². The van der Waals surface area contributed by atoms with Crippen LogP contribution in [0.3, 0.4) is 0 Å². The fraction of sp³-hybridized carbons (Fsp3) is 0.188. The number of nitro groups is 1. The number of hydrogen-bond donors (Lipinski definition) is 2. The molecule has 122 valence electrons. The third-order valence-corrected chi connectivity index (χ3v) is 3.19. The Kier molecular flexibility index (Phi) is 5.80. The van der Waals surface area contributed by atoms with Crippen LogP contribution in [0.1, 0.15) is 11.1 Å². The van der Waals surface area contributed by atoms with E-state index in [0.29, 0.717) is 30.0 Å². The summed E-state index contributed by atoms with van der Waals surface area (Å²) in [4.78, 5) is 26.3. The summed E-state index contributed by atoms with van der Waals surface area (Å²) in [5.74, 6) is 0.306. The molecule has 0 spiro atoms. The molecule has 24 heavy (non-hydrogen) atoms. The van der Waals surface area contributed by atoms with Crippen LogP contribution in [-0.2, 0) is 11.2 Å². The molecule has 0 fully saturated rings. The maximum Gasteiger partial charge on any atom is 0.273 e. The van der Waals surface area contributed by atoms with E-state index in [4.69, 9.17) is 5.26 Å². The summed E-state index contributed by atoms with van der Waals surface area (Å²) in [6.45, 7) is 0.794. The highest BCUT2D eigenvalue weighted by molar-refractivity contribution is 5.79. The van der Waals surface area contributed by atoms with E-state index in [2.05, 4.69) is 15.6 Å². The van der Waals surface area contributed by atoms with E-state index in [1.807, 2.05) is 6.07 Å². The number of rotatable bonds is 7. The third-order valence-electron chi connectivity index (χ3n) is 3.19. The predicted octanol–water partition coefficient (Wildman–Crippen LogP) is 1.63. The molecule has 1 aromatic carbocycles. The van der Waals surface area contributed by atoms with E-state index in [1.54, 1.807) is 30.3 Å². The molecule has 0 aliphatic heterocycles. The molecular formula is C16H15N5O3. The van der Waals surface area contributed by atoms with E-state index < -0.39 is 4.92 Å². The van der Waals surface area contributed by atoms with Crippen LogP contribution in [0, 0.1) is 21.4 Å². The Morgan fingerprint density at radius 2 is 2.04 bits per heavy atom. The molecule has 0 unspecified atom stereocenters. The summed E-state index contributed by atoms with van der Waals surface area (Å²) in [5.41, 5.74) is 0.785. The lowest BCUT2D eigenvalue weighted by Crippen LogP contribution is -2.30. The van der Waals surface area contributed by atoms with E-state index in [1.165, 1.54) is 12.3 Å². The summed E-state index contributed by atoms with van der Waals surface area (Å²) in [6, 6.07) is 11.5. The predicted molar refractivity (Wildman–Crippen MR) is 87.3 cm³/mol. The first-order valence-corrected chi connectivity index (χ1v) is 7.19. The summed E-state index contributed by atoms with van der Waals surface area (Å²) >= 11 is 0. The van der Waals surface area contributed by atoms with Gasteiger partial charge in [0.25, 0.3) is 5.69 Å². The van der Waals surface area contributed by atoms with Crippen LogP contribution < -0.4 is 10.6 Å². The van der Waals surface area contributed by atoms with Gasteiger partial charge in [0.05, 0.1) is 16.9 Å². The highest BCUT2D eigenvalue weighted by atomic mass is 16.6. The van der Waals surface area contributed by atoms with Crippen molar-refractivity contribution in [2.75, 3.05) is 18.4 Å². The lowest BCUT2D eigenvalue weighted by molar-refractivity contribution is -0.385. The molecule has 0 aliphatic rings. The third kappa shape index (κ3) is 4.78. The van der Waals surface area contributed by atoms with E-state index in [9.17, 15) is 14.9 Å². The lowest BCUT2D eigenvalue weighted by Gasteiger charge is -2.07. The molecule has 0 saturated carbocycles. The van der Waals surface area contributed by atoms with E-state index in [-0.39, 0.29) is 18.0 Å². The second kappa shape index (κ2) is 8.24. The van der Waals surface area contributed by atoms with Crippen molar-refractivity contribution in [2.24, 2.45) is 0 Å². The first-order chi connectivity index (χ1) is 11.6. The minimum absolute atomic E-state index is 0.0493. The van der Waals surface area contributed by atoms with Gasteiger partial charge in [0.2, 0.25) is 5.91 Å². The molecule has 0 radical (unpaired) electrons. The average molecular weight is 325 g/mol. The number of aromatic nitrogens is 1. The van der Waals surface area contributed by atoms with Gasteiger partial charge in [-0.3, -0.25) is 14.9 Å². The van der Waals surface area contributed by atoms with Gasteiger partial charge in [0, 0.05) is 30.9 Å². The number of nitro benzene ring substituents is 1. The van der Waals surface area contributed by atoms with Crippen molar-refractivity contribution in [2.45, 2.75) is 6.42 Å². The van der Waals surface area contributed by atoms with Gasteiger partial charge in [-0.15, -0.1) is 0 Å². The Balaban J connectivity index is 1.77. The van der Waals surface area contributed by atoms with Gasteiger partial charge >= 0.3 is 0 Å². The molecular weight excluding hydrogens is 310 g/mol. The number of amides is 1. The SMILES string of the molecule is N#Cc1ccc(NCCNC(=O)Cc2ccccc2[N+](=O)[O-])nc1. The van der Waals surface area contributed by atoms with Gasteiger partial charge in [0.15, 0.2) is 0 Å². The monoisotopic (exact) mass is 325 g/mol. The van der Waals surface area contributed by atoms with Gasteiger partial charge < -0.3 is 10.6 Å². The smallest absolute Gasteiger partial charge is 0.273 e. The molecule has 0 aliphatic carbocycles. The van der Waals surface area contributed by atoms with Crippen LogP contribution in [0.2, 0.25) is 0 Å². The first-order valence-electron chi connectivity index (χ1n) is 7.19. The minimum Gasteiger partial charge on any atom is -0.368 e. The van der Waals surface area contributed by atoms with Gasteiger partial charge in [-0.1, -0.05) is 18.2 Å². The number of nitrogens with zero attached hydrogens (tertiary/aromatic N) is 3. The standard InChI is InChI=1S/C16H15N5O3/c17-10-12-5-6-15(20-11-12)18-7-8-19-16(22)9-13-3-1-2-4-14(13)21(23)24/h1-6,11H,7-9H2,(H,18,20)(H,19,22). The number of carbonyl (C=O) groups is 1. The van der Waals surface area contributed by atoms with E-state index in [0.717, 1.165) is 0 Å². The first kappa shape index (κ1) is 16.9. The number of carbonyl (C=O) groups excluding carboxylic acids is 1. The van der Waals surface area contributed by atoms with Crippen molar-refractivity contribution in [3.05, 3.63) is 63.8 Å². The maximum atomic E-state index is 11.9. The molecule has 8 heteroatoms. The highest BCUT2D eigenvalue weighted by Gasteiger charge is 2.14. The van der Waals surface area contributed by atoms with Crippen molar-refractivity contribution < 1.29 is 9.72 Å². The topological polar surface area (TPSA) is 121 Å². The maximum absolute atomic E-state index is 11.9. The highest BCUT2D eigenvalue weighted by Crippen LogP contribution is 2.17. The number of benzene rings is 1. The second-order valence-electron chi connectivity index (χ2n) is 4.88. The fourth-order valence-corrected chi connectivity index (χ4v) is 2.03. The molecule has 1 amide bonds. The molecule has 0 saturated heterocycles. The molecule has 1 heterocycles.